The lowest BCUT2D eigenvalue weighted by atomic mass is 10.0. The number of nitrogens with zero attached hydrogens (tertiary/aromatic N) is 3. The predicted molar refractivity (Wildman–Crippen MR) is 81.7 cm³/mol. The second-order valence-electron chi connectivity index (χ2n) is 5.00. The van der Waals surface area contributed by atoms with Crippen LogP contribution >= 0.6 is 0 Å². The number of aldehydes is 1. The lowest BCUT2D eigenvalue weighted by molar-refractivity contribution is 0.112. The van der Waals surface area contributed by atoms with Gasteiger partial charge in [-0.05, 0) is 37.6 Å². The van der Waals surface area contributed by atoms with E-state index in [0.717, 1.165) is 23.0 Å². The third-order valence-corrected chi connectivity index (χ3v) is 3.40. The predicted octanol–water partition coefficient (Wildman–Crippen LogP) is 3.36. The van der Waals surface area contributed by atoms with Gasteiger partial charge >= 0.3 is 0 Å². The minimum absolute atomic E-state index is 0.564. The van der Waals surface area contributed by atoms with Crippen LogP contribution in [0.1, 0.15) is 21.5 Å². The summed E-state index contributed by atoms with van der Waals surface area (Å²) in [6, 6.07) is 11.7. The van der Waals surface area contributed by atoms with Gasteiger partial charge in [-0.3, -0.25) is 4.79 Å². The fourth-order valence-electron chi connectivity index (χ4n) is 2.28. The first-order valence-corrected chi connectivity index (χ1v) is 6.73. The Balaban J connectivity index is 2.17. The molecule has 4 heteroatoms. The van der Waals surface area contributed by atoms with Crippen LogP contribution in [-0.4, -0.2) is 21.1 Å². The minimum atomic E-state index is 0.564. The van der Waals surface area contributed by atoms with Gasteiger partial charge in [0.15, 0.2) is 12.1 Å². The summed E-state index contributed by atoms with van der Waals surface area (Å²) in [6.07, 6.45) is 4.26. The Bertz CT molecular complexity index is 791. The number of aromatic nitrogens is 3. The monoisotopic (exact) mass is 277 g/mol. The molecule has 21 heavy (non-hydrogen) atoms. The molecule has 0 fully saturated rings. The van der Waals surface area contributed by atoms with Gasteiger partial charge in [-0.15, -0.1) is 0 Å². The Morgan fingerprint density at radius 2 is 2.00 bits per heavy atom. The highest BCUT2D eigenvalue weighted by Gasteiger charge is 2.14. The smallest absolute Gasteiger partial charge is 0.153 e. The highest BCUT2D eigenvalue weighted by Crippen LogP contribution is 2.26. The minimum Gasteiger partial charge on any atom is -0.298 e. The number of hydrogen-bond donors (Lipinski definition) is 0. The Kier molecular flexibility index (Phi) is 3.36. The van der Waals surface area contributed by atoms with Crippen LogP contribution in [0.3, 0.4) is 0 Å². The molecule has 104 valence electrons. The van der Waals surface area contributed by atoms with Crippen LogP contribution < -0.4 is 0 Å². The fraction of sp³-hybridized carbons (Fsp3) is 0.118. The summed E-state index contributed by atoms with van der Waals surface area (Å²) in [5, 5.41) is 4.55. The summed E-state index contributed by atoms with van der Waals surface area (Å²) in [5.41, 5.74) is 4.47. The van der Waals surface area contributed by atoms with Crippen LogP contribution in [0.2, 0.25) is 0 Å². The maximum Gasteiger partial charge on any atom is 0.153 e. The number of hydrogen-bond acceptors (Lipinski definition) is 3. The third kappa shape index (κ3) is 2.48. The van der Waals surface area contributed by atoms with Gasteiger partial charge in [0.2, 0.25) is 0 Å². The molecule has 0 saturated heterocycles. The van der Waals surface area contributed by atoms with Crippen molar-refractivity contribution < 1.29 is 4.79 Å². The summed E-state index contributed by atoms with van der Waals surface area (Å²) >= 11 is 0. The molecule has 0 saturated carbocycles. The molecule has 4 nitrogen and oxygen atoms in total. The molecule has 0 amide bonds. The van der Waals surface area contributed by atoms with Crippen molar-refractivity contribution in [3.8, 4) is 17.1 Å². The molecule has 0 spiro atoms. The molecule has 0 bridgehead atoms. The number of rotatable bonds is 3. The average molecular weight is 277 g/mol. The highest BCUT2D eigenvalue weighted by molar-refractivity contribution is 5.86. The zero-order valence-corrected chi connectivity index (χ0v) is 11.9. The summed E-state index contributed by atoms with van der Waals surface area (Å²) < 4.78 is 1.64. The molecular weight excluding hydrogens is 262 g/mol. The topological polar surface area (TPSA) is 47.8 Å². The second kappa shape index (κ2) is 5.32. The third-order valence-electron chi connectivity index (χ3n) is 3.40. The molecule has 0 aliphatic rings. The van der Waals surface area contributed by atoms with E-state index < -0.39 is 0 Å². The molecule has 2 aromatic heterocycles. The van der Waals surface area contributed by atoms with Crippen molar-refractivity contribution in [3.05, 3.63) is 65.5 Å². The van der Waals surface area contributed by atoms with Crippen LogP contribution in [0.5, 0.6) is 0 Å². The van der Waals surface area contributed by atoms with E-state index in [1.807, 2.05) is 44.2 Å². The van der Waals surface area contributed by atoms with Gasteiger partial charge < -0.3 is 0 Å². The Morgan fingerprint density at radius 3 is 2.71 bits per heavy atom. The maximum atomic E-state index is 11.4. The molecule has 2 heterocycles. The number of benzene rings is 1. The maximum absolute atomic E-state index is 11.4. The van der Waals surface area contributed by atoms with Gasteiger partial charge in [0.25, 0.3) is 0 Å². The van der Waals surface area contributed by atoms with Crippen LogP contribution in [0.15, 0.2) is 48.8 Å². The van der Waals surface area contributed by atoms with Crippen LogP contribution in [0.4, 0.5) is 0 Å². The van der Waals surface area contributed by atoms with E-state index in [1.54, 1.807) is 17.1 Å². The van der Waals surface area contributed by atoms with Crippen molar-refractivity contribution in [2.75, 3.05) is 0 Å². The van der Waals surface area contributed by atoms with E-state index in [4.69, 9.17) is 0 Å². The quantitative estimate of drug-likeness (QED) is 0.690. The Hall–Kier alpha value is -2.75. The molecule has 0 aliphatic carbocycles. The largest absolute Gasteiger partial charge is 0.298 e. The van der Waals surface area contributed by atoms with Crippen molar-refractivity contribution in [1.82, 2.24) is 14.8 Å². The van der Waals surface area contributed by atoms with Crippen molar-refractivity contribution in [2.24, 2.45) is 0 Å². The van der Waals surface area contributed by atoms with E-state index in [0.29, 0.717) is 17.1 Å². The SMILES string of the molecule is Cc1ccc(C)c(-c2nn(-c3ccccn3)cc2C=O)c1. The van der Waals surface area contributed by atoms with Gasteiger partial charge in [-0.2, -0.15) is 5.10 Å². The van der Waals surface area contributed by atoms with Crippen molar-refractivity contribution in [2.45, 2.75) is 13.8 Å². The number of carbonyl (C=O) groups is 1. The summed E-state index contributed by atoms with van der Waals surface area (Å²) in [6.45, 7) is 4.04. The molecule has 0 unspecified atom stereocenters. The lowest BCUT2D eigenvalue weighted by Gasteiger charge is -2.05. The summed E-state index contributed by atoms with van der Waals surface area (Å²) in [4.78, 5) is 15.6. The first-order chi connectivity index (χ1) is 10.2. The molecular formula is C17H15N3O. The highest BCUT2D eigenvalue weighted by atomic mass is 16.1. The van der Waals surface area contributed by atoms with E-state index in [-0.39, 0.29) is 0 Å². The van der Waals surface area contributed by atoms with Crippen LogP contribution in [0, 0.1) is 13.8 Å². The van der Waals surface area contributed by atoms with Crippen molar-refractivity contribution in [1.29, 1.82) is 0 Å². The molecule has 3 aromatic rings. The van der Waals surface area contributed by atoms with E-state index in [2.05, 4.69) is 16.1 Å². The van der Waals surface area contributed by atoms with Crippen LogP contribution in [-0.2, 0) is 0 Å². The molecule has 0 aliphatic heterocycles. The zero-order valence-electron chi connectivity index (χ0n) is 11.9. The first kappa shape index (κ1) is 13.2. The van der Waals surface area contributed by atoms with Gasteiger partial charge in [0.1, 0.15) is 5.69 Å². The number of aryl methyl sites for hydroxylation is 2. The normalized spacial score (nSPS) is 10.6. The Labute approximate surface area is 123 Å². The van der Waals surface area contributed by atoms with Gasteiger partial charge in [-0.1, -0.05) is 23.8 Å². The Morgan fingerprint density at radius 1 is 1.14 bits per heavy atom. The fourth-order valence-corrected chi connectivity index (χ4v) is 2.28. The van der Waals surface area contributed by atoms with E-state index in [1.165, 1.54) is 0 Å². The standard InChI is InChI=1S/C17H15N3O/c1-12-6-7-13(2)15(9-12)17-14(11-21)10-20(19-17)16-5-3-4-8-18-16/h3-11H,1-2H3. The number of carbonyl (C=O) groups excluding carboxylic acids is 1. The molecule has 1 aromatic carbocycles. The van der Waals surface area contributed by atoms with Gasteiger partial charge in [0.05, 0.1) is 5.56 Å². The van der Waals surface area contributed by atoms with Crippen molar-refractivity contribution >= 4 is 6.29 Å². The molecule has 0 N–H and O–H groups in total. The molecule has 0 atom stereocenters. The van der Waals surface area contributed by atoms with E-state index >= 15 is 0 Å². The van der Waals surface area contributed by atoms with Crippen LogP contribution in [0.25, 0.3) is 17.1 Å². The first-order valence-electron chi connectivity index (χ1n) is 6.73. The molecule has 0 radical (unpaired) electrons. The summed E-state index contributed by atoms with van der Waals surface area (Å²) in [5.74, 6) is 0.692. The summed E-state index contributed by atoms with van der Waals surface area (Å²) in [7, 11) is 0. The molecule has 3 rings (SSSR count). The zero-order chi connectivity index (χ0) is 14.8. The van der Waals surface area contributed by atoms with Crippen molar-refractivity contribution in [3.63, 3.8) is 0 Å². The van der Waals surface area contributed by atoms with Gasteiger partial charge in [0, 0.05) is 18.0 Å². The van der Waals surface area contributed by atoms with E-state index in [9.17, 15) is 4.79 Å². The average Bonchev–Trinajstić information content (AvgIpc) is 2.94. The van der Waals surface area contributed by atoms with Gasteiger partial charge in [-0.25, -0.2) is 9.67 Å². The lowest BCUT2D eigenvalue weighted by Crippen LogP contribution is -1.97. The second-order valence-corrected chi connectivity index (χ2v) is 5.00. The number of pyridine rings is 1.